The summed E-state index contributed by atoms with van der Waals surface area (Å²) in [6.45, 7) is 4.13. The van der Waals surface area contributed by atoms with E-state index in [2.05, 4.69) is 35.9 Å². The normalized spacial score (nSPS) is 12.0. The molecule has 0 unspecified atom stereocenters. The molecular weight excluding hydrogens is 334 g/mol. The lowest BCUT2D eigenvalue weighted by atomic mass is 10.0. The number of pyridine rings is 1. The van der Waals surface area contributed by atoms with Gasteiger partial charge in [-0.25, -0.2) is 0 Å². The molecule has 3 rings (SSSR count). The summed E-state index contributed by atoms with van der Waals surface area (Å²) < 4.78 is 0. The Morgan fingerprint density at radius 3 is 2.41 bits per heavy atom. The van der Waals surface area contributed by atoms with Crippen LogP contribution in [0, 0.1) is 6.92 Å². The lowest BCUT2D eigenvalue weighted by molar-refractivity contribution is 0.0745. The molecule has 0 bridgehead atoms. The van der Waals surface area contributed by atoms with E-state index in [9.17, 15) is 4.79 Å². The number of fused-ring (bicyclic) bond motifs is 1. The van der Waals surface area contributed by atoms with Crippen molar-refractivity contribution in [3.05, 3.63) is 71.5 Å². The van der Waals surface area contributed by atoms with Gasteiger partial charge in [0.25, 0.3) is 5.91 Å². The second-order valence-corrected chi connectivity index (χ2v) is 7.37. The zero-order chi connectivity index (χ0) is 19.6. The van der Waals surface area contributed by atoms with Crippen molar-refractivity contribution in [3.8, 4) is 0 Å². The zero-order valence-electron chi connectivity index (χ0n) is 16.7. The maximum absolute atomic E-state index is 13.2. The number of hydrogen-bond donors (Lipinski definition) is 0. The summed E-state index contributed by atoms with van der Waals surface area (Å²) in [4.78, 5) is 21.6. The molecule has 0 fully saturated rings. The average Bonchev–Trinajstić information content (AvgIpc) is 2.65. The Hall–Kier alpha value is -2.88. The van der Waals surface area contributed by atoms with Gasteiger partial charge in [-0.15, -0.1) is 0 Å². The highest BCUT2D eigenvalue weighted by atomic mass is 16.2. The Balaban J connectivity index is 1.90. The third-order valence-corrected chi connectivity index (χ3v) is 5.07. The second kappa shape index (κ2) is 7.78. The first kappa shape index (κ1) is 18.9. The van der Waals surface area contributed by atoms with E-state index >= 15 is 0 Å². The third-order valence-electron chi connectivity index (χ3n) is 5.07. The molecule has 0 spiro atoms. The molecule has 1 atom stereocenters. The van der Waals surface area contributed by atoms with Crippen molar-refractivity contribution in [2.24, 2.45) is 0 Å². The van der Waals surface area contributed by atoms with Crippen LogP contribution in [-0.2, 0) is 6.42 Å². The number of carbonyl (C=O) groups is 1. The summed E-state index contributed by atoms with van der Waals surface area (Å²) in [6.07, 6.45) is 2.56. The van der Waals surface area contributed by atoms with Gasteiger partial charge in [0.15, 0.2) is 0 Å². The van der Waals surface area contributed by atoms with Gasteiger partial charge < -0.3 is 9.80 Å². The molecule has 0 saturated heterocycles. The van der Waals surface area contributed by atoms with Crippen LogP contribution in [0.4, 0.5) is 5.69 Å². The monoisotopic (exact) mass is 361 g/mol. The number of aromatic nitrogens is 1. The first-order chi connectivity index (χ1) is 12.9. The number of benzene rings is 2. The first-order valence-electron chi connectivity index (χ1n) is 9.26. The maximum Gasteiger partial charge on any atom is 0.254 e. The SMILES string of the molecule is Cc1ccnc(C[C@H](C)N(C)C(=O)c2ccc(N(C)C)c3ccccc23)c1. The van der Waals surface area contributed by atoms with Crippen LogP contribution in [-0.4, -0.2) is 43.0 Å². The van der Waals surface area contributed by atoms with Gasteiger partial charge in [0.1, 0.15) is 0 Å². The quantitative estimate of drug-likeness (QED) is 0.679. The van der Waals surface area contributed by atoms with Crippen molar-refractivity contribution in [2.45, 2.75) is 26.3 Å². The fraction of sp³-hybridized carbons (Fsp3) is 0.304. The fourth-order valence-electron chi connectivity index (χ4n) is 3.40. The topological polar surface area (TPSA) is 36.4 Å². The smallest absolute Gasteiger partial charge is 0.254 e. The summed E-state index contributed by atoms with van der Waals surface area (Å²) in [5, 5.41) is 2.08. The van der Waals surface area contributed by atoms with E-state index in [1.165, 1.54) is 5.56 Å². The first-order valence-corrected chi connectivity index (χ1v) is 9.26. The Kier molecular flexibility index (Phi) is 5.45. The van der Waals surface area contributed by atoms with Gasteiger partial charge in [-0.3, -0.25) is 9.78 Å². The number of hydrogen-bond acceptors (Lipinski definition) is 3. The number of rotatable bonds is 5. The third kappa shape index (κ3) is 3.95. The molecule has 0 N–H and O–H groups in total. The summed E-state index contributed by atoms with van der Waals surface area (Å²) in [6, 6.07) is 16.2. The van der Waals surface area contributed by atoms with Gasteiger partial charge in [0, 0.05) is 62.1 Å². The van der Waals surface area contributed by atoms with Gasteiger partial charge >= 0.3 is 0 Å². The van der Waals surface area contributed by atoms with E-state index in [-0.39, 0.29) is 11.9 Å². The van der Waals surface area contributed by atoms with Gasteiger partial charge in [-0.2, -0.15) is 0 Å². The Morgan fingerprint density at radius 2 is 1.74 bits per heavy atom. The van der Waals surface area contributed by atoms with Crippen molar-refractivity contribution in [3.63, 3.8) is 0 Å². The van der Waals surface area contributed by atoms with E-state index in [0.29, 0.717) is 0 Å². The van der Waals surface area contributed by atoms with Crippen molar-refractivity contribution >= 4 is 22.4 Å². The minimum absolute atomic E-state index is 0.0386. The molecule has 0 aliphatic rings. The van der Waals surface area contributed by atoms with Crippen molar-refractivity contribution < 1.29 is 4.79 Å². The molecule has 0 aliphatic carbocycles. The van der Waals surface area contributed by atoms with Gasteiger partial charge in [-0.1, -0.05) is 24.3 Å². The van der Waals surface area contributed by atoms with Crippen LogP contribution in [0.5, 0.6) is 0 Å². The molecule has 0 saturated carbocycles. The average molecular weight is 361 g/mol. The number of anilines is 1. The van der Waals surface area contributed by atoms with Crippen LogP contribution in [0.15, 0.2) is 54.7 Å². The summed E-state index contributed by atoms with van der Waals surface area (Å²) in [7, 11) is 5.91. The molecule has 4 nitrogen and oxygen atoms in total. The van der Waals surface area contributed by atoms with E-state index in [1.807, 2.05) is 68.6 Å². The summed E-state index contributed by atoms with van der Waals surface area (Å²) >= 11 is 0. The predicted octanol–water partition coefficient (Wildman–Crippen LogP) is 4.31. The zero-order valence-corrected chi connectivity index (χ0v) is 16.7. The fourth-order valence-corrected chi connectivity index (χ4v) is 3.40. The highest BCUT2D eigenvalue weighted by Gasteiger charge is 2.21. The molecule has 1 amide bonds. The lowest BCUT2D eigenvalue weighted by Gasteiger charge is -2.26. The van der Waals surface area contributed by atoms with Crippen molar-refractivity contribution in [2.75, 3.05) is 26.0 Å². The highest BCUT2D eigenvalue weighted by Crippen LogP contribution is 2.29. The number of aryl methyl sites for hydroxylation is 1. The van der Waals surface area contributed by atoms with E-state index < -0.39 is 0 Å². The molecule has 4 heteroatoms. The van der Waals surface area contributed by atoms with Crippen LogP contribution in [0.3, 0.4) is 0 Å². The molecule has 3 aromatic rings. The number of carbonyl (C=O) groups excluding carboxylic acids is 1. The molecule has 2 aromatic carbocycles. The Morgan fingerprint density at radius 1 is 1.04 bits per heavy atom. The standard InChI is InChI=1S/C23H27N3O/c1-16-12-13-24-18(14-16)15-17(2)26(5)23(27)21-10-11-22(25(3)4)20-9-7-6-8-19(20)21/h6-14,17H,15H2,1-5H3/t17-/m0/s1. The number of nitrogens with zero attached hydrogens (tertiary/aromatic N) is 3. The summed E-state index contributed by atoms with van der Waals surface area (Å²) in [5.41, 5.74) is 4.05. The molecule has 1 aromatic heterocycles. The molecular formula is C23H27N3O. The molecule has 1 heterocycles. The minimum Gasteiger partial charge on any atom is -0.377 e. The van der Waals surface area contributed by atoms with Crippen LogP contribution >= 0.6 is 0 Å². The predicted molar refractivity (Wildman–Crippen MR) is 113 cm³/mol. The van der Waals surface area contributed by atoms with E-state index in [0.717, 1.165) is 34.1 Å². The summed E-state index contributed by atoms with van der Waals surface area (Å²) in [5.74, 6) is 0.0386. The minimum atomic E-state index is 0.0386. The largest absolute Gasteiger partial charge is 0.377 e. The molecule has 0 radical (unpaired) electrons. The lowest BCUT2D eigenvalue weighted by Crippen LogP contribution is -2.36. The van der Waals surface area contributed by atoms with Gasteiger partial charge in [0.2, 0.25) is 0 Å². The second-order valence-electron chi connectivity index (χ2n) is 7.37. The van der Waals surface area contributed by atoms with Gasteiger partial charge in [0.05, 0.1) is 0 Å². The van der Waals surface area contributed by atoms with Crippen LogP contribution in [0.25, 0.3) is 10.8 Å². The van der Waals surface area contributed by atoms with Crippen molar-refractivity contribution in [1.29, 1.82) is 0 Å². The molecule has 0 aliphatic heterocycles. The highest BCUT2D eigenvalue weighted by molar-refractivity contribution is 6.10. The number of amides is 1. The van der Waals surface area contributed by atoms with E-state index in [4.69, 9.17) is 0 Å². The van der Waals surface area contributed by atoms with Crippen LogP contribution in [0.1, 0.15) is 28.5 Å². The molecule has 140 valence electrons. The van der Waals surface area contributed by atoms with Crippen molar-refractivity contribution in [1.82, 2.24) is 9.88 Å². The Labute approximate surface area is 161 Å². The number of likely N-dealkylation sites (N-methyl/N-ethyl adjacent to an activating group) is 1. The maximum atomic E-state index is 13.2. The van der Waals surface area contributed by atoms with Crippen LogP contribution in [0.2, 0.25) is 0 Å². The van der Waals surface area contributed by atoms with E-state index in [1.54, 1.807) is 0 Å². The Bertz CT molecular complexity index is 965. The van der Waals surface area contributed by atoms with Crippen LogP contribution < -0.4 is 4.90 Å². The van der Waals surface area contributed by atoms with Gasteiger partial charge in [-0.05, 0) is 49.1 Å². The molecule has 27 heavy (non-hydrogen) atoms.